The Morgan fingerprint density at radius 1 is 0.605 bits per heavy atom. The number of hydrogen-bond donors (Lipinski definition) is 5. The molecular formula is C29H39B2N3O4-2. The van der Waals surface area contributed by atoms with Gasteiger partial charge in [-0.05, 0) is 78.8 Å². The third kappa shape index (κ3) is 4.23. The molecule has 38 heavy (non-hydrogen) atoms. The number of nitrogens with zero attached hydrogens (tertiary/aromatic N) is 2. The topological polar surface area (TPSA) is 113 Å². The van der Waals surface area contributed by atoms with Crippen molar-refractivity contribution in [1.29, 1.82) is 0 Å². The van der Waals surface area contributed by atoms with E-state index in [0.717, 1.165) is 52.6 Å². The number of rotatable bonds is 8. The van der Waals surface area contributed by atoms with Gasteiger partial charge in [0.15, 0.2) is 0 Å². The summed E-state index contributed by atoms with van der Waals surface area (Å²) in [6, 6.07) is 15.0. The van der Waals surface area contributed by atoms with Crippen molar-refractivity contribution < 1.29 is 20.1 Å². The Hall–Kier alpha value is -2.49. The highest BCUT2D eigenvalue weighted by Gasteiger charge is 2.39. The maximum Gasteiger partial charge on any atom is 0.343 e. The van der Waals surface area contributed by atoms with Gasteiger partial charge in [-0.3, -0.25) is 0 Å². The summed E-state index contributed by atoms with van der Waals surface area (Å²) in [4.78, 5) is 3.54. The normalized spacial score (nSPS) is 18.1. The average Bonchev–Trinajstić information content (AvgIpc) is 3.32. The largest absolute Gasteiger partial charge is 0.566 e. The van der Waals surface area contributed by atoms with Crippen LogP contribution in [0.2, 0.25) is 0 Å². The van der Waals surface area contributed by atoms with Crippen molar-refractivity contribution in [2.24, 2.45) is 5.73 Å². The molecule has 0 saturated carbocycles. The molecule has 0 aromatic heterocycles. The van der Waals surface area contributed by atoms with Gasteiger partial charge in [-0.25, -0.2) is 0 Å². The number of hydrogen-bond acceptors (Lipinski definition) is 7. The smallest absolute Gasteiger partial charge is 0.343 e. The minimum absolute atomic E-state index is 0.375. The van der Waals surface area contributed by atoms with E-state index in [-0.39, 0.29) is 0 Å². The molecule has 0 fully saturated rings. The first-order chi connectivity index (χ1) is 18.2. The summed E-state index contributed by atoms with van der Waals surface area (Å²) in [5.74, 6) is 0. The predicted octanol–water partition coefficient (Wildman–Crippen LogP) is 1.13. The van der Waals surface area contributed by atoms with E-state index in [9.17, 15) is 20.1 Å². The van der Waals surface area contributed by atoms with Crippen LogP contribution >= 0.6 is 0 Å². The molecule has 3 aromatic carbocycles. The molecule has 3 aromatic rings. The predicted molar refractivity (Wildman–Crippen MR) is 153 cm³/mol. The Morgan fingerprint density at radius 3 is 1.32 bits per heavy atom. The molecule has 0 bridgehead atoms. The van der Waals surface area contributed by atoms with E-state index in [4.69, 9.17) is 5.73 Å². The number of benzene rings is 3. The lowest BCUT2D eigenvalue weighted by atomic mass is 9.64. The standard InChI is InChI=1S/C29H39B2N3O4/c1-4-22-25(15-32)23(5-2)27(19-34-17-21-12-8-10-14-29(21)31(34,37)38)24(6-3)26(22)18-33-16-20-11-7-9-13-28(20)30(33,35)36/h7-14,35-38H,4-6,15-19,32H2,1-3H3/q-2. The molecule has 7 nitrogen and oxygen atoms in total. The summed E-state index contributed by atoms with van der Waals surface area (Å²) < 4.78 is 0. The lowest BCUT2D eigenvalue weighted by Gasteiger charge is -2.40. The highest BCUT2D eigenvalue weighted by atomic mass is 16.4. The third-order valence-corrected chi connectivity index (χ3v) is 8.88. The van der Waals surface area contributed by atoms with Crippen molar-refractivity contribution in [1.82, 2.24) is 9.62 Å². The molecule has 9 heteroatoms. The minimum Gasteiger partial charge on any atom is -0.566 e. The number of fused-ring (bicyclic) bond motifs is 2. The molecule has 5 rings (SSSR count). The van der Waals surface area contributed by atoms with Crippen LogP contribution in [0.5, 0.6) is 0 Å². The zero-order valence-corrected chi connectivity index (χ0v) is 22.7. The van der Waals surface area contributed by atoms with E-state index in [0.29, 0.717) is 43.6 Å². The van der Waals surface area contributed by atoms with E-state index in [2.05, 4.69) is 20.8 Å². The van der Waals surface area contributed by atoms with Gasteiger partial charge in [-0.2, -0.15) is 0 Å². The fourth-order valence-corrected chi connectivity index (χ4v) is 6.97. The van der Waals surface area contributed by atoms with Crippen LogP contribution in [-0.4, -0.2) is 43.1 Å². The Kier molecular flexibility index (Phi) is 7.30. The summed E-state index contributed by atoms with van der Waals surface area (Å²) in [5.41, 5.74) is 16.1. The SMILES string of the molecule is CCc1c(CN)c(CC)c(CN2Cc3ccccc3[B-]2(O)O)c(CC)c1CN1Cc2ccccc2[B-]1(O)O. The quantitative estimate of drug-likeness (QED) is 0.286. The summed E-state index contributed by atoms with van der Waals surface area (Å²) >= 11 is 0. The molecule has 0 aliphatic carbocycles. The van der Waals surface area contributed by atoms with Crippen LogP contribution in [-0.2, 0) is 52.0 Å². The van der Waals surface area contributed by atoms with Crippen molar-refractivity contribution in [2.45, 2.75) is 72.8 Å². The van der Waals surface area contributed by atoms with Crippen LogP contribution in [0.15, 0.2) is 48.5 Å². The summed E-state index contributed by atoms with van der Waals surface area (Å²) in [6.07, 6.45) is 2.30. The van der Waals surface area contributed by atoms with Crippen LogP contribution in [0.3, 0.4) is 0 Å². The molecular weight excluding hydrogens is 476 g/mol. The van der Waals surface area contributed by atoms with Crippen LogP contribution in [0.4, 0.5) is 0 Å². The highest BCUT2D eigenvalue weighted by molar-refractivity contribution is 6.78. The van der Waals surface area contributed by atoms with Crippen LogP contribution in [0, 0.1) is 0 Å². The molecule has 6 N–H and O–H groups in total. The van der Waals surface area contributed by atoms with E-state index >= 15 is 0 Å². The summed E-state index contributed by atoms with van der Waals surface area (Å²) in [7, 11) is 0. The molecule has 0 radical (unpaired) electrons. The van der Waals surface area contributed by atoms with Gasteiger partial charge in [0.2, 0.25) is 0 Å². The van der Waals surface area contributed by atoms with Crippen LogP contribution in [0.25, 0.3) is 0 Å². The molecule has 0 unspecified atom stereocenters. The Morgan fingerprint density at radius 2 is 0.974 bits per heavy atom. The Balaban J connectivity index is 1.61. The first kappa shape index (κ1) is 27.1. The van der Waals surface area contributed by atoms with Gasteiger partial charge in [-0.15, -0.1) is 10.9 Å². The van der Waals surface area contributed by atoms with E-state index < -0.39 is 13.4 Å². The Bertz CT molecular complexity index is 1270. The first-order valence-electron chi connectivity index (χ1n) is 13.9. The lowest BCUT2D eigenvalue weighted by Crippen LogP contribution is -2.58. The summed E-state index contributed by atoms with van der Waals surface area (Å²) in [5, 5.41) is 44.9. The van der Waals surface area contributed by atoms with Crippen molar-refractivity contribution >= 4 is 24.3 Å². The fraction of sp³-hybridized carbons (Fsp3) is 0.379. The fourth-order valence-electron chi connectivity index (χ4n) is 6.97. The van der Waals surface area contributed by atoms with Crippen molar-refractivity contribution in [3.8, 4) is 0 Å². The van der Waals surface area contributed by atoms with Crippen LogP contribution in [0.1, 0.15) is 65.3 Å². The molecule has 0 saturated heterocycles. The van der Waals surface area contributed by atoms with Crippen molar-refractivity contribution in [3.05, 3.63) is 93.0 Å². The van der Waals surface area contributed by atoms with E-state index in [1.54, 1.807) is 21.8 Å². The van der Waals surface area contributed by atoms with E-state index in [1.807, 2.05) is 36.4 Å². The molecule has 0 amide bonds. The van der Waals surface area contributed by atoms with Crippen molar-refractivity contribution in [3.63, 3.8) is 0 Å². The van der Waals surface area contributed by atoms with Crippen molar-refractivity contribution in [2.75, 3.05) is 0 Å². The highest BCUT2D eigenvalue weighted by Crippen LogP contribution is 2.35. The van der Waals surface area contributed by atoms with Gasteiger partial charge in [0, 0.05) is 6.54 Å². The van der Waals surface area contributed by atoms with Gasteiger partial charge in [0.1, 0.15) is 0 Å². The molecule has 0 spiro atoms. The monoisotopic (exact) mass is 515 g/mol. The molecule has 202 valence electrons. The zero-order valence-electron chi connectivity index (χ0n) is 22.7. The molecule has 2 heterocycles. The third-order valence-electron chi connectivity index (χ3n) is 8.88. The van der Waals surface area contributed by atoms with Gasteiger partial charge >= 0.3 is 13.4 Å². The molecule has 2 aliphatic heterocycles. The first-order valence-corrected chi connectivity index (χ1v) is 13.9. The lowest BCUT2D eigenvalue weighted by molar-refractivity contribution is 0.246. The van der Waals surface area contributed by atoms with Gasteiger partial charge < -0.3 is 35.5 Å². The second-order valence-electron chi connectivity index (χ2n) is 10.8. The van der Waals surface area contributed by atoms with Crippen LogP contribution < -0.4 is 16.7 Å². The zero-order chi connectivity index (χ0) is 27.2. The average molecular weight is 515 g/mol. The second-order valence-corrected chi connectivity index (χ2v) is 10.8. The second kappa shape index (κ2) is 10.2. The van der Waals surface area contributed by atoms with Gasteiger partial charge in [-0.1, -0.05) is 80.4 Å². The van der Waals surface area contributed by atoms with Gasteiger partial charge in [0.05, 0.1) is 0 Å². The maximum atomic E-state index is 11.2. The number of nitrogens with two attached hydrogens (primary N) is 1. The maximum absolute atomic E-state index is 11.2. The van der Waals surface area contributed by atoms with Gasteiger partial charge in [0.25, 0.3) is 0 Å². The molecule has 2 aliphatic rings. The van der Waals surface area contributed by atoms with E-state index in [1.165, 1.54) is 11.1 Å². The molecule has 0 atom stereocenters. The minimum atomic E-state index is -2.85. The summed E-state index contributed by atoms with van der Waals surface area (Å²) in [6.45, 7) is 2.73. The Labute approximate surface area is 225 Å².